The van der Waals surface area contributed by atoms with Gasteiger partial charge in [-0.2, -0.15) is 0 Å². The van der Waals surface area contributed by atoms with Crippen molar-refractivity contribution < 1.29 is 23.1 Å². The molecule has 0 radical (unpaired) electrons. The molecule has 12 heteroatoms. The smallest absolute Gasteiger partial charge is 0.254 e. The molecule has 4 aromatic rings. The lowest BCUT2D eigenvalue weighted by Gasteiger charge is -2.43. The van der Waals surface area contributed by atoms with Crippen LogP contribution in [0.4, 0.5) is 8.78 Å². The van der Waals surface area contributed by atoms with Gasteiger partial charge in [0.1, 0.15) is 17.0 Å². The number of nitrogens with two attached hydrogens (primary N) is 1. The van der Waals surface area contributed by atoms with Crippen LogP contribution in [0.3, 0.4) is 0 Å². The van der Waals surface area contributed by atoms with Gasteiger partial charge in [-0.3, -0.25) is 14.0 Å². The molecule has 8 rings (SSSR count). The molecule has 4 atom stereocenters. The SMILES string of the molecule is COc1cc(C(=O)N2C3CC[C@H]2C[C@H]3N)cc2nc(-c3cc4ccc([C@@H](C)NC(=O)C5(C)CC(F)(F)C5)nc4n3CC3CC3)c(C)n12. The van der Waals surface area contributed by atoms with Gasteiger partial charge in [0.05, 0.1) is 35.6 Å². The Labute approximate surface area is 271 Å². The summed E-state index contributed by atoms with van der Waals surface area (Å²) in [5.74, 6) is -2.13. The first-order valence-corrected chi connectivity index (χ1v) is 16.7. The molecular formula is C35H41F2N7O3. The second kappa shape index (κ2) is 10.5. The number of fused-ring (bicyclic) bond motifs is 4. The number of aryl methyl sites for hydroxylation is 1. The number of aromatic nitrogens is 4. The van der Waals surface area contributed by atoms with E-state index in [9.17, 15) is 18.4 Å². The second-order valence-corrected chi connectivity index (χ2v) is 14.6. The van der Waals surface area contributed by atoms with Crippen LogP contribution in [-0.2, 0) is 11.3 Å². The van der Waals surface area contributed by atoms with E-state index in [4.69, 9.17) is 20.4 Å². The third kappa shape index (κ3) is 4.89. The Bertz CT molecular complexity index is 1940. The fraction of sp³-hybridized carbons (Fsp3) is 0.543. The van der Waals surface area contributed by atoms with Crippen LogP contribution in [0.2, 0.25) is 0 Å². The Morgan fingerprint density at radius 2 is 1.89 bits per heavy atom. The minimum absolute atomic E-state index is 0.0180. The molecule has 4 aliphatic rings. The zero-order valence-electron chi connectivity index (χ0n) is 27.2. The highest BCUT2D eigenvalue weighted by molar-refractivity contribution is 5.97. The van der Waals surface area contributed by atoms with Crippen LogP contribution in [0.25, 0.3) is 28.1 Å². The number of nitrogens with one attached hydrogen (secondary N) is 1. The molecule has 3 N–H and O–H groups in total. The number of carbonyl (C=O) groups excluding carboxylic acids is 2. The lowest BCUT2D eigenvalue weighted by Crippen LogP contribution is -2.53. The largest absolute Gasteiger partial charge is 0.482 e. The van der Waals surface area contributed by atoms with E-state index in [1.807, 2.05) is 41.3 Å². The van der Waals surface area contributed by atoms with Gasteiger partial charge in [-0.15, -0.1) is 0 Å². The maximum absolute atomic E-state index is 13.8. The number of rotatable bonds is 8. The van der Waals surface area contributed by atoms with E-state index in [0.717, 1.165) is 66.8 Å². The van der Waals surface area contributed by atoms with Crippen LogP contribution in [0.1, 0.15) is 86.6 Å². The Hall–Kier alpha value is -4.06. The molecule has 6 heterocycles. The topological polar surface area (TPSA) is 120 Å². The fourth-order valence-corrected chi connectivity index (χ4v) is 8.31. The molecular weight excluding hydrogens is 604 g/mol. The van der Waals surface area contributed by atoms with Crippen molar-refractivity contribution in [3.05, 3.63) is 47.3 Å². The van der Waals surface area contributed by atoms with E-state index in [-0.39, 0.29) is 29.9 Å². The lowest BCUT2D eigenvalue weighted by molar-refractivity contribution is -0.175. The second-order valence-electron chi connectivity index (χ2n) is 14.6. The van der Waals surface area contributed by atoms with E-state index < -0.39 is 30.2 Å². The van der Waals surface area contributed by atoms with Gasteiger partial charge in [0.2, 0.25) is 11.8 Å². The number of hydrogen-bond acceptors (Lipinski definition) is 6. The number of nitrogens with zero attached hydrogens (tertiary/aromatic N) is 5. The normalized spacial score (nSPS) is 24.9. The number of hydrogen-bond donors (Lipinski definition) is 2. The van der Waals surface area contributed by atoms with Gasteiger partial charge in [-0.1, -0.05) is 6.92 Å². The van der Waals surface area contributed by atoms with E-state index in [2.05, 4.69) is 16.0 Å². The molecule has 248 valence electrons. The van der Waals surface area contributed by atoms with Crippen molar-refractivity contribution in [1.29, 1.82) is 0 Å². The first-order valence-electron chi connectivity index (χ1n) is 16.7. The zero-order chi connectivity index (χ0) is 33.0. The van der Waals surface area contributed by atoms with Crippen molar-refractivity contribution in [3.8, 4) is 17.3 Å². The molecule has 47 heavy (non-hydrogen) atoms. The van der Waals surface area contributed by atoms with Gasteiger partial charge in [-0.25, -0.2) is 18.7 Å². The molecule has 10 nitrogen and oxygen atoms in total. The summed E-state index contributed by atoms with van der Waals surface area (Å²) in [6.07, 6.45) is 4.16. The van der Waals surface area contributed by atoms with Crippen LogP contribution in [0.5, 0.6) is 5.88 Å². The minimum Gasteiger partial charge on any atom is -0.482 e. The molecule has 2 bridgehead atoms. The number of halogens is 2. The summed E-state index contributed by atoms with van der Waals surface area (Å²) in [5, 5.41) is 3.86. The summed E-state index contributed by atoms with van der Waals surface area (Å²) in [6, 6.07) is 9.42. The summed E-state index contributed by atoms with van der Waals surface area (Å²) in [4.78, 5) is 38.8. The first kappa shape index (κ1) is 30.3. The van der Waals surface area contributed by atoms with Crippen molar-refractivity contribution in [3.63, 3.8) is 0 Å². The van der Waals surface area contributed by atoms with Crippen LogP contribution in [0.15, 0.2) is 30.3 Å². The molecule has 0 aromatic carbocycles. The third-order valence-corrected chi connectivity index (χ3v) is 11.0. The number of pyridine rings is 2. The fourth-order valence-electron chi connectivity index (χ4n) is 8.31. The van der Waals surface area contributed by atoms with Crippen molar-refractivity contribution in [2.24, 2.45) is 17.1 Å². The van der Waals surface area contributed by atoms with Crippen LogP contribution in [-0.4, -0.2) is 66.8 Å². The highest BCUT2D eigenvalue weighted by atomic mass is 19.3. The average molecular weight is 646 g/mol. The Kier molecular flexibility index (Phi) is 6.75. The van der Waals surface area contributed by atoms with Crippen LogP contribution in [0, 0.1) is 18.3 Å². The number of imidazole rings is 1. The number of alkyl halides is 2. The van der Waals surface area contributed by atoms with E-state index >= 15 is 0 Å². The summed E-state index contributed by atoms with van der Waals surface area (Å²) in [5.41, 5.74) is 10.4. The van der Waals surface area contributed by atoms with Crippen LogP contribution >= 0.6 is 0 Å². The Morgan fingerprint density at radius 3 is 2.53 bits per heavy atom. The molecule has 2 aliphatic carbocycles. The molecule has 1 unspecified atom stereocenters. The highest BCUT2D eigenvalue weighted by Gasteiger charge is 2.58. The average Bonchev–Trinajstić information content (AvgIpc) is 3.34. The summed E-state index contributed by atoms with van der Waals surface area (Å²) in [7, 11) is 1.60. The monoisotopic (exact) mass is 645 g/mol. The molecule has 2 amide bonds. The molecule has 0 spiro atoms. The summed E-state index contributed by atoms with van der Waals surface area (Å²) >= 11 is 0. The number of ether oxygens (including phenoxy) is 1. The van der Waals surface area contributed by atoms with Crippen molar-refractivity contribution >= 4 is 28.5 Å². The molecule has 4 aromatic heterocycles. The van der Waals surface area contributed by atoms with Crippen molar-refractivity contribution in [2.75, 3.05) is 7.11 Å². The van der Waals surface area contributed by atoms with Gasteiger partial charge in [-0.05, 0) is 76.1 Å². The summed E-state index contributed by atoms with van der Waals surface area (Å²) in [6.45, 7) is 6.20. The standard InChI is InChI=1S/C35H41F2N7O3/c1-18(39-33(46)34(3)16-35(36,37)17-34)25-9-7-21-11-27(42(31(21)40-25)15-20-5-6-20)30-19(2)43-28(41-30)12-22(13-29(43)47-4)32(45)44-23-8-10-26(44)24(38)14-23/h7,9,11-13,18,20,23-24,26H,5-6,8,10,14-17,38H2,1-4H3,(H,39,46)/t18-,23+,24-,26?/m1/s1. The van der Waals surface area contributed by atoms with E-state index in [1.165, 1.54) is 0 Å². The quantitative estimate of drug-likeness (QED) is 0.265. The van der Waals surface area contributed by atoms with Crippen molar-refractivity contribution in [2.45, 2.75) is 102 Å². The number of amides is 2. The molecule has 4 fully saturated rings. The molecule has 2 saturated heterocycles. The first-order chi connectivity index (χ1) is 22.4. The third-order valence-electron chi connectivity index (χ3n) is 11.0. The van der Waals surface area contributed by atoms with Crippen molar-refractivity contribution in [1.82, 2.24) is 29.2 Å². The Balaban J connectivity index is 1.15. The number of methoxy groups -OCH3 is 1. The predicted molar refractivity (Wildman–Crippen MR) is 172 cm³/mol. The van der Waals surface area contributed by atoms with Gasteiger partial charge >= 0.3 is 0 Å². The van der Waals surface area contributed by atoms with E-state index in [1.54, 1.807) is 20.1 Å². The molecule has 2 saturated carbocycles. The summed E-state index contributed by atoms with van der Waals surface area (Å²) < 4.78 is 37.2. The zero-order valence-corrected chi connectivity index (χ0v) is 27.2. The Morgan fingerprint density at radius 1 is 1.13 bits per heavy atom. The maximum Gasteiger partial charge on any atom is 0.254 e. The van der Waals surface area contributed by atoms with Crippen LogP contribution < -0.4 is 15.8 Å². The van der Waals surface area contributed by atoms with Gasteiger partial charge in [0, 0.05) is 54.5 Å². The predicted octanol–water partition coefficient (Wildman–Crippen LogP) is 5.39. The van der Waals surface area contributed by atoms with Gasteiger partial charge in [0.15, 0.2) is 5.88 Å². The van der Waals surface area contributed by atoms with Gasteiger partial charge < -0.3 is 25.3 Å². The molecule has 2 aliphatic heterocycles. The maximum atomic E-state index is 13.8. The van der Waals surface area contributed by atoms with Gasteiger partial charge in [0.25, 0.3) is 5.91 Å². The minimum atomic E-state index is -2.79. The van der Waals surface area contributed by atoms with E-state index in [0.29, 0.717) is 28.7 Å². The number of carbonyl (C=O) groups is 2. The highest BCUT2D eigenvalue weighted by Crippen LogP contribution is 2.52. The lowest BCUT2D eigenvalue weighted by atomic mass is 9.67.